The lowest BCUT2D eigenvalue weighted by Crippen LogP contribution is -2.43. The van der Waals surface area contributed by atoms with Gasteiger partial charge in [0.15, 0.2) is 0 Å². The highest BCUT2D eigenvalue weighted by molar-refractivity contribution is 5.80. The quantitative estimate of drug-likeness (QED) is 0.794. The minimum absolute atomic E-state index is 0.0926. The van der Waals surface area contributed by atoms with Crippen molar-refractivity contribution in [1.82, 2.24) is 14.9 Å². The van der Waals surface area contributed by atoms with E-state index in [0.717, 1.165) is 5.56 Å². The number of likely N-dealkylation sites (tertiary alicyclic amines) is 1. The van der Waals surface area contributed by atoms with E-state index < -0.39 is 5.60 Å². The highest BCUT2D eigenvalue weighted by Crippen LogP contribution is 2.21. The Morgan fingerprint density at radius 1 is 1.24 bits per heavy atom. The van der Waals surface area contributed by atoms with E-state index in [1.54, 1.807) is 17.0 Å². The zero-order chi connectivity index (χ0) is 21.2. The lowest BCUT2D eigenvalue weighted by molar-refractivity contribution is -0.151. The maximum atomic E-state index is 12.4. The molecule has 3 rings (SSSR count). The van der Waals surface area contributed by atoms with Crippen LogP contribution in [-0.4, -0.2) is 45.6 Å². The fourth-order valence-electron chi connectivity index (χ4n) is 3.30. The van der Waals surface area contributed by atoms with Crippen LogP contribution in [0.5, 0.6) is 0 Å². The summed E-state index contributed by atoms with van der Waals surface area (Å²) in [4.78, 5) is 45.4. The third kappa shape index (κ3) is 5.13. The van der Waals surface area contributed by atoms with Crippen molar-refractivity contribution in [1.29, 1.82) is 0 Å². The number of amides is 1. The number of H-pyrrole nitrogens is 1. The Balaban J connectivity index is 1.56. The maximum absolute atomic E-state index is 12.4. The molecule has 1 saturated heterocycles. The average Bonchev–Trinajstić information content (AvgIpc) is 2.66. The largest absolute Gasteiger partial charge is 0.457 e. The topological polar surface area (TPSA) is 102 Å². The van der Waals surface area contributed by atoms with E-state index in [-0.39, 0.29) is 30.1 Å². The van der Waals surface area contributed by atoms with Crippen molar-refractivity contribution < 1.29 is 19.1 Å². The summed E-state index contributed by atoms with van der Waals surface area (Å²) in [6.07, 6.45) is 0.662. The van der Waals surface area contributed by atoms with E-state index in [1.807, 2.05) is 33.8 Å². The molecule has 1 aromatic heterocycles. The van der Waals surface area contributed by atoms with Crippen molar-refractivity contribution in [3.05, 3.63) is 39.9 Å². The average molecular weight is 401 g/mol. The Morgan fingerprint density at radius 3 is 2.59 bits per heavy atom. The molecule has 0 atom stereocenters. The van der Waals surface area contributed by atoms with Gasteiger partial charge in [0.25, 0.3) is 5.56 Å². The predicted molar refractivity (Wildman–Crippen MR) is 107 cm³/mol. The highest BCUT2D eigenvalue weighted by atomic mass is 16.6. The van der Waals surface area contributed by atoms with Crippen LogP contribution in [-0.2, 0) is 20.9 Å². The molecule has 156 valence electrons. The molecule has 0 unspecified atom stereocenters. The number of carbonyl (C=O) groups excluding carboxylic acids is 2. The van der Waals surface area contributed by atoms with Gasteiger partial charge in [-0.1, -0.05) is 12.1 Å². The van der Waals surface area contributed by atoms with Crippen LogP contribution in [0.4, 0.5) is 4.79 Å². The van der Waals surface area contributed by atoms with Crippen LogP contribution >= 0.6 is 0 Å². The van der Waals surface area contributed by atoms with Gasteiger partial charge in [-0.05, 0) is 52.2 Å². The second-order valence-electron chi connectivity index (χ2n) is 8.33. The van der Waals surface area contributed by atoms with Crippen LogP contribution in [0.3, 0.4) is 0 Å². The fourth-order valence-corrected chi connectivity index (χ4v) is 3.30. The number of aromatic amines is 1. The second kappa shape index (κ2) is 8.23. The van der Waals surface area contributed by atoms with Crippen LogP contribution in [0.1, 0.15) is 45.0 Å². The SMILES string of the molecule is Cc1cccc2c(=O)[nH]c(COC(=O)C3CCN(C(=O)OC(C)(C)C)CC3)nc12. The summed E-state index contributed by atoms with van der Waals surface area (Å²) in [6.45, 7) is 8.14. The van der Waals surface area contributed by atoms with Gasteiger partial charge < -0.3 is 19.4 Å². The zero-order valence-corrected chi connectivity index (χ0v) is 17.3. The first-order valence-electron chi connectivity index (χ1n) is 9.77. The van der Waals surface area contributed by atoms with Gasteiger partial charge in [0.05, 0.1) is 16.8 Å². The molecule has 1 aliphatic rings. The van der Waals surface area contributed by atoms with E-state index in [2.05, 4.69) is 9.97 Å². The molecule has 1 aromatic carbocycles. The molecule has 2 aromatic rings. The van der Waals surface area contributed by atoms with Crippen LogP contribution in [0.25, 0.3) is 10.9 Å². The summed E-state index contributed by atoms with van der Waals surface area (Å²) in [5.74, 6) is -0.319. The fraction of sp³-hybridized carbons (Fsp3) is 0.524. The summed E-state index contributed by atoms with van der Waals surface area (Å²) in [7, 11) is 0. The number of para-hydroxylation sites is 1. The number of nitrogens with one attached hydrogen (secondary N) is 1. The highest BCUT2D eigenvalue weighted by Gasteiger charge is 2.30. The van der Waals surface area contributed by atoms with Crippen molar-refractivity contribution >= 4 is 23.0 Å². The molecule has 1 N–H and O–H groups in total. The molecule has 0 spiro atoms. The number of piperidine rings is 1. The number of hydrogen-bond donors (Lipinski definition) is 1. The third-order valence-corrected chi connectivity index (χ3v) is 4.82. The van der Waals surface area contributed by atoms with Gasteiger partial charge >= 0.3 is 12.1 Å². The summed E-state index contributed by atoms with van der Waals surface area (Å²) in [5, 5.41) is 0.509. The summed E-state index contributed by atoms with van der Waals surface area (Å²) < 4.78 is 10.7. The maximum Gasteiger partial charge on any atom is 0.410 e. The first-order valence-corrected chi connectivity index (χ1v) is 9.77. The van der Waals surface area contributed by atoms with Crippen LogP contribution < -0.4 is 5.56 Å². The first-order chi connectivity index (χ1) is 13.6. The minimum atomic E-state index is -0.547. The molecule has 0 aliphatic carbocycles. The number of fused-ring (bicyclic) bond motifs is 1. The van der Waals surface area contributed by atoms with E-state index in [4.69, 9.17) is 9.47 Å². The summed E-state index contributed by atoms with van der Waals surface area (Å²) in [5.41, 5.74) is 0.689. The Labute approximate surface area is 169 Å². The number of rotatable bonds is 3. The Hall–Kier alpha value is -2.90. The lowest BCUT2D eigenvalue weighted by Gasteiger charge is -2.32. The van der Waals surface area contributed by atoms with Gasteiger partial charge in [-0.3, -0.25) is 9.59 Å². The van der Waals surface area contributed by atoms with Crippen molar-refractivity contribution in [2.24, 2.45) is 5.92 Å². The number of carbonyl (C=O) groups is 2. The molecule has 1 fully saturated rings. The molecular weight excluding hydrogens is 374 g/mol. The van der Waals surface area contributed by atoms with E-state index in [1.165, 1.54) is 0 Å². The lowest BCUT2D eigenvalue weighted by atomic mass is 9.97. The number of aryl methyl sites for hydroxylation is 1. The van der Waals surface area contributed by atoms with Crippen molar-refractivity contribution in [3.63, 3.8) is 0 Å². The van der Waals surface area contributed by atoms with Crippen LogP contribution in [0.15, 0.2) is 23.0 Å². The molecule has 29 heavy (non-hydrogen) atoms. The van der Waals surface area contributed by atoms with Gasteiger partial charge in [-0.15, -0.1) is 0 Å². The zero-order valence-electron chi connectivity index (χ0n) is 17.3. The van der Waals surface area contributed by atoms with Gasteiger partial charge in [0.2, 0.25) is 0 Å². The van der Waals surface area contributed by atoms with Gasteiger partial charge in [-0.25, -0.2) is 9.78 Å². The van der Waals surface area contributed by atoms with Crippen LogP contribution in [0.2, 0.25) is 0 Å². The first kappa shape index (κ1) is 20.8. The van der Waals surface area contributed by atoms with Crippen molar-refractivity contribution in [2.45, 2.75) is 52.7 Å². The number of ether oxygens (including phenoxy) is 2. The molecule has 8 heteroatoms. The van der Waals surface area contributed by atoms with Crippen LogP contribution in [0, 0.1) is 12.8 Å². The number of nitrogens with zero attached hydrogens (tertiary/aromatic N) is 2. The number of benzene rings is 1. The molecule has 0 radical (unpaired) electrons. The van der Waals surface area contributed by atoms with Gasteiger partial charge in [-0.2, -0.15) is 0 Å². The molecule has 0 bridgehead atoms. The second-order valence-corrected chi connectivity index (χ2v) is 8.33. The Bertz CT molecular complexity index is 968. The van der Waals surface area contributed by atoms with Gasteiger partial charge in [0, 0.05) is 13.1 Å². The normalized spacial score (nSPS) is 15.4. The number of hydrogen-bond acceptors (Lipinski definition) is 6. The predicted octanol–water partition coefficient (Wildman–Crippen LogP) is 2.92. The van der Waals surface area contributed by atoms with E-state index in [0.29, 0.717) is 42.7 Å². The smallest absolute Gasteiger partial charge is 0.410 e. The molecule has 1 amide bonds. The summed E-state index contributed by atoms with van der Waals surface area (Å²) in [6, 6.07) is 5.39. The van der Waals surface area contributed by atoms with Crippen molar-refractivity contribution in [3.8, 4) is 0 Å². The monoisotopic (exact) mass is 401 g/mol. The molecule has 1 aliphatic heterocycles. The molecular formula is C21H27N3O5. The third-order valence-electron chi connectivity index (χ3n) is 4.82. The molecule has 0 saturated carbocycles. The van der Waals surface area contributed by atoms with Crippen molar-refractivity contribution in [2.75, 3.05) is 13.1 Å². The van der Waals surface area contributed by atoms with Gasteiger partial charge in [0.1, 0.15) is 18.0 Å². The molecule has 8 nitrogen and oxygen atoms in total. The van der Waals surface area contributed by atoms with E-state index >= 15 is 0 Å². The Kier molecular flexibility index (Phi) is 5.91. The van der Waals surface area contributed by atoms with E-state index in [9.17, 15) is 14.4 Å². The standard InChI is InChI=1S/C21H27N3O5/c1-13-6-5-7-15-17(13)22-16(23-18(15)25)12-28-19(26)14-8-10-24(11-9-14)20(27)29-21(2,3)4/h5-7,14H,8-12H2,1-4H3,(H,22,23,25). The number of aromatic nitrogens is 2. The minimum Gasteiger partial charge on any atom is -0.457 e. The summed E-state index contributed by atoms with van der Waals surface area (Å²) >= 11 is 0. The Morgan fingerprint density at radius 2 is 1.93 bits per heavy atom. The number of esters is 1. The molecule has 2 heterocycles.